The molecule has 0 bridgehead atoms. The highest BCUT2D eigenvalue weighted by atomic mass is 32.2. The molecule has 2 N–H and O–H groups in total. The lowest BCUT2D eigenvalue weighted by Crippen LogP contribution is -2.48. The van der Waals surface area contributed by atoms with Gasteiger partial charge in [-0.1, -0.05) is 0 Å². The van der Waals surface area contributed by atoms with Crippen LogP contribution in [0.4, 0.5) is 0 Å². The highest BCUT2D eigenvalue weighted by Gasteiger charge is 2.26. The first-order valence-corrected chi connectivity index (χ1v) is 5.97. The quantitative estimate of drug-likeness (QED) is 0.600. The zero-order valence-electron chi connectivity index (χ0n) is 8.14. The summed E-state index contributed by atoms with van der Waals surface area (Å²) in [6, 6.07) is 0. The molecule has 1 aliphatic heterocycles. The van der Waals surface area contributed by atoms with Gasteiger partial charge in [-0.05, 0) is 7.05 Å². The first kappa shape index (κ1) is 11.4. The first-order valence-electron chi connectivity index (χ1n) is 4.36. The van der Waals surface area contributed by atoms with Crippen molar-refractivity contribution in [1.82, 2.24) is 9.21 Å². The van der Waals surface area contributed by atoms with Crippen LogP contribution >= 0.6 is 0 Å². The maximum absolute atomic E-state index is 11.5. The number of rotatable bonds is 3. The predicted octanol–water partition coefficient (Wildman–Crippen LogP) is -1.95. The fourth-order valence-corrected chi connectivity index (χ4v) is 2.60. The van der Waals surface area contributed by atoms with Crippen LogP contribution < -0.4 is 5.73 Å². The molecule has 0 aromatic heterocycles. The van der Waals surface area contributed by atoms with Gasteiger partial charge in [-0.25, -0.2) is 8.42 Å². The summed E-state index contributed by atoms with van der Waals surface area (Å²) in [5.74, 6) is -1.39. The number of carbonyl (C=O) groups excluding carboxylic acids is 1. The van der Waals surface area contributed by atoms with E-state index in [1.54, 1.807) is 0 Å². The number of primary amides is 1. The molecule has 14 heavy (non-hydrogen) atoms. The number of amides is 1. The summed E-state index contributed by atoms with van der Waals surface area (Å²) in [7, 11) is -1.55. The number of nitrogens with zero attached hydrogens (tertiary/aromatic N) is 2. The van der Waals surface area contributed by atoms with Gasteiger partial charge < -0.3 is 10.6 Å². The molecule has 1 saturated heterocycles. The number of nitrogens with two attached hydrogens (primary N) is 1. The van der Waals surface area contributed by atoms with Gasteiger partial charge in [-0.2, -0.15) is 4.31 Å². The monoisotopic (exact) mass is 221 g/mol. The summed E-state index contributed by atoms with van der Waals surface area (Å²) in [6.45, 7) is 2.26. The molecule has 1 fully saturated rings. The van der Waals surface area contributed by atoms with Crippen LogP contribution in [0.3, 0.4) is 0 Å². The average Bonchev–Trinajstić information content (AvgIpc) is 2.02. The predicted molar refractivity (Wildman–Crippen MR) is 52.1 cm³/mol. The Morgan fingerprint density at radius 2 is 1.79 bits per heavy atom. The molecule has 0 aliphatic carbocycles. The molecular formula is C7H15N3O3S. The van der Waals surface area contributed by atoms with E-state index in [4.69, 9.17) is 5.73 Å². The van der Waals surface area contributed by atoms with Crippen molar-refractivity contribution < 1.29 is 13.2 Å². The van der Waals surface area contributed by atoms with Gasteiger partial charge in [0.05, 0.1) is 0 Å². The smallest absolute Gasteiger partial charge is 0.234 e. The Hall–Kier alpha value is -0.660. The number of likely N-dealkylation sites (N-methyl/N-ethyl adjacent to an activating group) is 1. The van der Waals surface area contributed by atoms with E-state index in [0.29, 0.717) is 26.2 Å². The summed E-state index contributed by atoms with van der Waals surface area (Å²) in [4.78, 5) is 12.6. The van der Waals surface area contributed by atoms with Crippen molar-refractivity contribution in [3.05, 3.63) is 0 Å². The normalized spacial score (nSPS) is 20.9. The van der Waals surface area contributed by atoms with E-state index < -0.39 is 21.7 Å². The molecule has 7 heteroatoms. The molecule has 0 radical (unpaired) electrons. The molecule has 82 valence electrons. The Morgan fingerprint density at radius 3 is 2.21 bits per heavy atom. The van der Waals surface area contributed by atoms with Crippen LogP contribution in [0.1, 0.15) is 0 Å². The van der Waals surface area contributed by atoms with E-state index in [2.05, 4.69) is 0 Å². The SMILES string of the molecule is CN1CCN(S(=O)(=O)CC(N)=O)CC1. The largest absolute Gasteiger partial charge is 0.369 e. The minimum atomic E-state index is -3.47. The summed E-state index contributed by atoms with van der Waals surface area (Å²) < 4.78 is 24.3. The fraction of sp³-hybridized carbons (Fsp3) is 0.857. The van der Waals surface area contributed by atoms with Crippen LogP contribution in [-0.4, -0.2) is 62.5 Å². The van der Waals surface area contributed by atoms with Crippen molar-refractivity contribution in [1.29, 1.82) is 0 Å². The summed E-state index contributed by atoms with van der Waals surface area (Å²) in [5, 5.41) is 0. The molecule has 1 aliphatic rings. The summed E-state index contributed by atoms with van der Waals surface area (Å²) >= 11 is 0. The van der Waals surface area contributed by atoms with Gasteiger partial charge in [0.25, 0.3) is 0 Å². The first-order chi connectivity index (χ1) is 6.42. The second kappa shape index (κ2) is 4.24. The van der Waals surface area contributed by atoms with Gasteiger partial charge in [0.1, 0.15) is 5.75 Å². The van der Waals surface area contributed by atoms with E-state index >= 15 is 0 Å². The number of sulfonamides is 1. The standard InChI is InChI=1S/C7H15N3O3S/c1-9-2-4-10(5-3-9)14(12,13)6-7(8)11/h2-6H2,1H3,(H2,8,11). The number of hydrogen-bond acceptors (Lipinski definition) is 4. The van der Waals surface area contributed by atoms with Crippen LogP contribution in [0.15, 0.2) is 0 Å². The molecule has 0 unspecified atom stereocenters. The molecular weight excluding hydrogens is 206 g/mol. The van der Waals surface area contributed by atoms with Gasteiger partial charge in [0.15, 0.2) is 0 Å². The molecule has 0 saturated carbocycles. The molecule has 0 aromatic carbocycles. The van der Waals surface area contributed by atoms with Gasteiger partial charge in [0, 0.05) is 26.2 Å². The van der Waals surface area contributed by atoms with Gasteiger partial charge in [-0.15, -0.1) is 0 Å². The van der Waals surface area contributed by atoms with Crippen molar-refractivity contribution in [3.63, 3.8) is 0 Å². The van der Waals surface area contributed by atoms with Gasteiger partial charge >= 0.3 is 0 Å². The fourth-order valence-electron chi connectivity index (χ4n) is 1.34. The lowest BCUT2D eigenvalue weighted by molar-refractivity contribution is -0.115. The summed E-state index contributed by atoms with van der Waals surface area (Å²) in [5.41, 5.74) is 4.86. The highest BCUT2D eigenvalue weighted by molar-refractivity contribution is 7.89. The Kier molecular flexibility index (Phi) is 3.46. The average molecular weight is 221 g/mol. The lowest BCUT2D eigenvalue weighted by atomic mass is 10.4. The summed E-state index contributed by atoms with van der Waals surface area (Å²) in [6.07, 6.45) is 0. The molecule has 0 atom stereocenters. The molecule has 0 aromatic rings. The van der Waals surface area contributed by atoms with E-state index in [1.807, 2.05) is 11.9 Å². The molecule has 1 amide bonds. The number of hydrogen-bond donors (Lipinski definition) is 1. The van der Waals surface area contributed by atoms with Crippen molar-refractivity contribution in [2.45, 2.75) is 0 Å². The third-order valence-electron chi connectivity index (χ3n) is 2.18. The zero-order valence-corrected chi connectivity index (χ0v) is 8.96. The highest BCUT2D eigenvalue weighted by Crippen LogP contribution is 2.06. The third kappa shape index (κ3) is 2.93. The van der Waals surface area contributed by atoms with Crippen molar-refractivity contribution in [2.24, 2.45) is 5.73 Å². The van der Waals surface area contributed by atoms with E-state index in [1.165, 1.54) is 4.31 Å². The third-order valence-corrected chi connectivity index (χ3v) is 3.98. The second-order valence-electron chi connectivity index (χ2n) is 3.42. The van der Waals surface area contributed by atoms with E-state index in [9.17, 15) is 13.2 Å². The number of carbonyl (C=O) groups is 1. The molecule has 6 nitrogen and oxygen atoms in total. The van der Waals surface area contributed by atoms with Crippen molar-refractivity contribution in [3.8, 4) is 0 Å². The van der Waals surface area contributed by atoms with Crippen molar-refractivity contribution >= 4 is 15.9 Å². The second-order valence-corrected chi connectivity index (χ2v) is 5.39. The minimum absolute atomic E-state index is 0.437. The Balaban J connectivity index is 2.60. The van der Waals surface area contributed by atoms with Crippen LogP contribution in [0.25, 0.3) is 0 Å². The topological polar surface area (TPSA) is 83.7 Å². The van der Waals surface area contributed by atoms with E-state index in [0.717, 1.165) is 0 Å². The number of piperazine rings is 1. The molecule has 1 heterocycles. The Labute approximate surface area is 83.7 Å². The zero-order chi connectivity index (χ0) is 10.8. The molecule has 1 rings (SSSR count). The van der Waals surface area contributed by atoms with Crippen LogP contribution in [0, 0.1) is 0 Å². The van der Waals surface area contributed by atoms with Crippen LogP contribution in [-0.2, 0) is 14.8 Å². The maximum Gasteiger partial charge on any atom is 0.234 e. The van der Waals surface area contributed by atoms with Crippen LogP contribution in [0.5, 0.6) is 0 Å². The molecule has 0 spiro atoms. The van der Waals surface area contributed by atoms with Crippen molar-refractivity contribution in [2.75, 3.05) is 39.0 Å². The van der Waals surface area contributed by atoms with Gasteiger partial charge in [-0.3, -0.25) is 4.79 Å². The maximum atomic E-state index is 11.5. The Morgan fingerprint density at radius 1 is 1.29 bits per heavy atom. The van der Waals surface area contributed by atoms with Crippen LogP contribution in [0.2, 0.25) is 0 Å². The van der Waals surface area contributed by atoms with Gasteiger partial charge in [0.2, 0.25) is 15.9 Å². The Bertz CT molecular complexity index is 306. The lowest BCUT2D eigenvalue weighted by Gasteiger charge is -2.31. The van der Waals surface area contributed by atoms with E-state index in [-0.39, 0.29) is 0 Å². The minimum Gasteiger partial charge on any atom is -0.369 e.